The van der Waals surface area contributed by atoms with E-state index in [0.717, 1.165) is 0 Å². The first-order valence-corrected chi connectivity index (χ1v) is 4.93. The second kappa shape index (κ2) is 5.32. The number of esters is 1. The van der Waals surface area contributed by atoms with Crippen LogP contribution < -0.4 is 0 Å². The van der Waals surface area contributed by atoms with Crippen LogP contribution in [0.4, 0.5) is 0 Å². The van der Waals surface area contributed by atoms with Gasteiger partial charge in [0, 0.05) is 6.04 Å². The van der Waals surface area contributed by atoms with Gasteiger partial charge in [0.05, 0.1) is 13.7 Å². The van der Waals surface area contributed by atoms with Gasteiger partial charge in [-0.05, 0) is 19.9 Å². The van der Waals surface area contributed by atoms with Crippen molar-refractivity contribution in [3.05, 3.63) is 17.8 Å². The minimum Gasteiger partial charge on any atom is -0.464 e. The quantitative estimate of drug-likeness (QED) is 0.754. The minimum absolute atomic E-state index is 0. The highest BCUT2D eigenvalue weighted by atomic mass is 35.5. The third kappa shape index (κ3) is 2.96. The molecule has 90 valence electrons. The Kier molecular flexibility index (Phi) is 4.32. The maximum Gasteiger partial charge on any atom is 0.360 e. The average Bonchev–Trinajstić information content (AvgIpc) is 2.99. The van der Waals surface area contributed by atoms with Crippen LogP contribution >= 0.6 is 12.4 Å². The summed E-state index contributed by atoms with van der Waals surface area (Å²) in [7, 11) is 3.35. The minimum atomic E-state index is -0.459. The maximum atomic E-state index is 11.1. The SMILES string of the molecule is COC(=O)c1coc(CN(C)C2CC2)n1.Cl. The Morgan fingerprint density at radius 3 is 2.94 bits per heavy atom. The van der Waals surface area contributed by atoms with Gasteiger partial charge in [0.15, 0.2) is 5.69 Å². The second-order valence-electron chi connectivity index (χ2n) is 3.76. The fourth-order valence-corrected chi connectivity index (χ4v) is 1.44. The van der Waals surface area contributed by atoms with Crippen LogP contribution in [0.2, 0.25) is 0 Å². The van der Waals surface area contributed by atoms with Gasteiger partial charge in [-0.15, -0.1) is 12.4 Å². The van der Waals surface area contributed by atoms with Crippen LogP contribution in [-0.2, 0) is 11.3 Å². The van der Waals surface area contributed by atoms with Crippen LogP contribution in [0.3, 0.4) is 0 Å². The molecule has 5 nitrogen and oxygen atoms in total. The lowest BCUT2D eigenvalue weighted by molar-refractivity contribution is 0.0594. The molecule has 0 unspecified atom stereocenters. The molecule has 0 radical (unpaired) electrons. The van der Waals surface area contributed by atoms with E-state index in [-0.39, 0.29) is 18.1 Å². The third-order valence-corrected chi connectivity index (χ3v) is 2.50. The van der Waals surface area contributed by atoms with Gasteiger partial charge >= 0.3 is 5.97 Å². The summed E-state index contributed by atoms with van der Waals surface area (Å²) in [6.07, 6.45) is 3.81. The van der Waals surface area contributed by atoms with Crippen LogP contribution in [-0.4, -0.2) is 36.1 Å². The molecule has 1 heterocycles. The van der Waals surface area contributed by atoms with Crippen molar-refractivity contribution in [1.82, 2.24) is 9.88 Å². The Morgan fingerprint density at radius 1 is 1.69 bits per heavy atom. The number of methoxy groups -OCH3 is 1. The zero-order valence-corrected chi connectivity index (χ0v) is 10.1. The molecule has 0 bridgehead atoms. The summed E-state index contributed by atoms with van der Waals surface area (Å²) < 4.78 is 9.72. The number of rotatable bonds is 4. The van der Waals surface area contributed by atoms with E-state index >= 15 is 0 Å². The zero-order valence-electron chi connectivity index (χ0n) is 9.30. The van der Waals surface area contributed by atoms with Crippen molar-refractivity contribution in [2.24, 2.45) is 0 Å². The number of carbonyl (C=O) groups excluding carboxylic acids is 1. The first-order valence-electron chi connectivity index (χ1n) is 4.93. The molecule has 1 aromatic heterocycles. The molecule has 6 heteroatoms. The topological polar surface area (TPSA) is 55.6 Å². The van der Waals surface area contributed by atoms with E-state index in [4.69, 9.17) is 4.42 Å². The highest BCUT2D eigenvalue weighted by Crippen LogP contribution is 2.26. The third-order valence-electron chi connectivity index (χ3n) is 2.50. The number of nitrogens with zero attached hydrogens (tertiary/aromatic N) is 2. The monoisotopic (exact) mass is 246 g/mol. The standard InChI is InChI=1S/C10H14N2O3.ClH/c1-12(7-3-4-7)5-9-11-8(6-15-9)10(13)14-2;/h6-7H,3-5H2,1-2H3;1H. The van der Waals surface area contributed by atoms with Crippen molar-refractivity contribution in [3.8, 4) is 0 Å². The van der Waals surface area contributed by atoms with Crippen LogP contribution in [0.25, 0.3) is 0 Å². The van der Waals surface area contributed by atoms with Crippen LogP contribution in [0, 0.1) is 0 Å². The number of hydrogen-bond acceptors (Lipinski definition) is 5. The molecule has 1 aliphatic carbocycles. The lowest BCUT2D eigenvalue weighted by Gasteiger charge is -2.11. The summed E-state index contributed by atoms with van der Waals surface area (Å²) in [6, 6.07) is 0.651. The van der Waals surface area contributed by atoms with Gasteiger partial charge in [0.1, 0.15) is 6.26 Å². The molecule has 0 N–H and O–H groups in total. The number of oxazole rings is 1. The van der Waals surface area contributed by atoms with Gasteiger partial charge in [-0.1, -0.05) is 0 Å². The molecule has 1 aromatic rings. The van der Waals surface area contributed by atoms with Gasteiger partial charge in [0.25, 0.3) is 0 Å². The van der Waals surface area contributed by atoms with Gasteiger partial charge < -0.3 is 9.15 Å². The maximum absolute atomic E-state index is 11.1. The number of aromatic nitrogens is 1. The van der Waals surface area contributed by atoms with Crippen molar-refractivity contribution in [2.75, 3.05) is 14.2 Å². The van der Waals surface area contributed by atoms with Crippen molar-refractivity contribution >= 4 is 18.4 Å². The van der Waals surface area contributed by atoms with E-state index < -0.39 is 5.97 Å². The van der Waals surface area contributed by atoms with Crippen molar-refractivity contribution in [2.45, 2.75) is 25.4 Å². The molecule has 0 amide bonds. The van der Waals surface area contributed by atoms with Gasteiger partial charge in [-0.25, -0.2) is 9.78 Å². The molecular formula is C10H15ClN2O3. The summed E-state index contributed by atoms with van der Waals surface area (Å²) in [6.45, 7) is 0.641. The summed E-state index contributed by atoms with van der Waals surface area (Å²) in [5, 5.41) is 0. The van der Waals surface area contributed by atoms with Gasteiger partial charge in [0.2, 0.25) is 5.89 Å². The van der Waals surface area contributed by atoms with Crippen molar-refractivity contribution in [3.63, 3.8) is 0 Å². The highest BCUT2D eigenvalue weighted by Gasteiger charge is 2.27. The van der Waals surface area contributed by atoms with E-state index in [2.05, 4.69) is 14.6 Å². The number of carbonyl (C=O) groups is 1. The molecule has 1 fully saturated rings. The smallest absolute Gasteiger partial charge is 0.360 e. The van der Waals surface area contributed by atoms with E-state index in [9.17, 15) is 4.79 Å². The molecule has 0 atom stereocenters. The Bertz CT molecular complexity index is 363. The summed E-state index contributed by atoms with van der Waals surface area (Å²) >= 11 is 0. The predicted molar refractivity (Wildman–Crippen MR) is 59.6 cm³/mol. The Morgan fingerprint density at radius 2 is 2.38 bits per heavy atom. The van der Waals surface area contributed by atoms with Crippen LogP contribution in [0.15, 0.2) is 10.7 Å². The summed E-state index contributed by atoms with van der Waals surface area (Å²) in [4.78, 5) is 17.3. The summed E-state index contributed by atoms with van der Waals surface area (Å²) in [5.41, 5.74) is 0.233. The normalized spacial score (nSPS) is 14.7. The Hall–Kier alpha value is -1.07. The highest BCUT2D eigenvalue weighted by molar-refractivity contribution is 5.86. The molecule has 0 aromatic carbocycles. The number of ether oxygens (including phenoxy) is 1. The summed E-state index contributed by atoms with van der Waals surface area (Å²) in [5.74, 6) is 0.101. The lowest BCUT2D eigenvalue weighted by Crippen LogP contribution is -2.20. The van der Waals surface area contributed by atoms with E-state index in [1.807, 2.05) is 7.05 Å². The molecule has 0 spiro atoms. The van der Waals surface area contributed by atoms with Crippen molar-refractivity contribution < 1.29 is 13.9 Å². The first-order chi connectivity index (χ1) is 7.20. The molecule has 0 aliphatic heterocycles. The fraction of sp³-hybridized carbons (Fsp3) is 0.600. The molecule has 1 saturated carbocycles. The van der Waals surface area contributed by atoms with Crippen LogP contribution in [0.5, 0.6) is 0 Å². The largest absolute Gasteiger partial charge is 0.464 e. The predicted octanol–water partition coefficient (Wildman–Crippen LogP) is 1.48. The number of halogens is 1. The fourth-order valence-electron chi connectivity index (χ4n) is 1.44. The molecule has 16 heavy (non-hydrogen) atoms. The second-order valence-corrected chi connectivity index (χ2v) is 3.76. The molecule has 2 rings (SSSR count). The van der Waals surface area contributed by atoms with E-state index in [0.29, 0.717) is 18.5 Å². The first kappa shape index (κ1) is 13.0. The van der Waals surface area contributed by atoms with Gasteiger partial charge in [-0.3, -0.25) is 4.90 Å². The molecule has 1 aliphatic rings. The average molecular weight is 247 g/mol. The van der Waals surface area contributed by atoms with E-state index in [1.165, 1.54) is 26.2 Å². The zero-order chi connectivity index (χ0) is 10.8. The Balaban J connectivity index is 0.00000128. The number of hydrogen-bond donors (Lipinski definition) is 0. The van der Waals surface area contributed by atoms with E-state index in [1.54, 1.807) is 0 Å². The van der Waals surface area contributed by atoms with Crippen molar-refractivity contribution in [1.29, 1.82) is 0 Å². The molecular weight excluding hydrogens is 232 g/mol. The van der Waals surface area contributed by atoms with Crippen LogP contribution in [0.1, 0.15) is 29.2 Å². The van der Waals surface area contributed by atoms with Gasteiger partial charge in [-0.2, -0.15) is 0 Å². The molecule has 0 saturated heterocycles. The lowest BCUT2D eigenvalue weighted by atomic mass is 10.5. The Labute approximate surface area is 100 Å².